The third kappa shape index (κ3) is 4.25. The molecule has 118 valence electrons. The van der Waals surface area contributed by atoms with E-state index in [9.17, 15) is 13.2 Å². The molecule has 6 heteroatoms. The van der Waals surface area contributed by atoms with Gasteiger partial charge in [0, 0.05) is 13.2 Å². The van der Waals surface area contributed by atoms with Crippen molar-refractivity contribution in [3.8, 4) is 0 Å². The summed E-state index contributed by atoms with van der Waals surface area (Å²) in [7, 11) is 0. The van der Waals surface area contributed by atoms with Gasteiger partial charge in [-0.25, -0.2) is 0 Å². The molecule has 1 rings (SSSR count). The Balaban J connectivity index is 3.35. The number of thioether (sulfide) groups is 1. The molecule has 1 aromatic carbocycles. The van der Waals surface area contributed by atoms with Gasteiger partial charge in [-0.3, -0.25) is 0 Å². The molecule has 0 aromatic heterocycles. The Morgan fingerprint density at radius 3 is 2.00 bits per heavy atom. The van der Waals surface area contributed by atoms with Crippen LogP contribution in [0.4, 0.5) is 13.2 Å². The van der Waals surface area contributed by atoms with Crippen LogP contribution in [0.1, 0.15) is 19.4 Å². The molecule has 0 aliphatic rings. The first-order valence-corrected chi connectivity index (χ1v) is 7.79. The second kappa shape index (κ2) is 7.87. The van der Waals surface area contributed by atoms with E-state index >= 15 is 0 Å². The number of hydrogen-bond donors (Lipinski definition) is 0. The zero-order chi connectivity index (χ0) is 15.9. The average Bonchev–Trinajstić information content (AvgIpc) is 2.44. The van der Waals surface area contributed by atoms with Crippen LogP contribution in [-0.2, 0) is 9.47 Å². The van der Waals surface area contributed by atoms with E-state index in [-0.39, 0.29) is 18.1 Å². The highest BCUT2D eigenvalue weighted by molar-refractivity contribution is 8.02. The second-order valence-electron chi connectivity index (χ2n) is 4.10. The van der Waals surface area contributed by atoms with Gasteiger partial charge in [0.2, 0.25) is 0 Å². The first-order chi connectivity index (χ1) is 9.91. The fraction of sp³-hybridized carbons (Fsp3) is 0.467. The van der Waals surface area contributed by atoms with Crippen LogP contribution in [0.25, 0.3) is 6.08 Å². The maximum atomic E-state index is 13.6. The molecule has 1 aromatic rings. The molecule has 0 fully saturated rings. The molecule has 0 aliphatic heterocycles. The minimum atomic E-state index is -4.66. The van der Waals surface area contributed by atoms with Gasteiger partial charge < -0.3 is 9.47 Å². The number of halogens is 3. The van der Waals surface area contributed by atoms with Gasteiger partial charge in [-0.15, -0.1) is 11.8 Å². The van der Waals surface area contributed by atoms with E-state index < -0.39 is 12.0 Å². The lowest BCUT2D eigenvalue weighted by atomic mass is 10.1. The summed E-state index contributed by atoms with van der Waals surface area (Å²) in [6, 6.07) is 8.80. The summed E-state index contributed by atoms with van der Waals surface area (Å²) in [5, 5.41) is 0. The molecule has 0 N–H and O–H groups in total. The molecule has 0 saturated carbocycles. The van der Waals surface area contributed by atoms with Gasteiger partial charge in [-0.2, -0.15) is 13.2 Å². The highest BCUT2D eigenvalue weighted by atomic mass is 32.2. The Bertz CT molecular complexity index is 452. The van der Waals surface area contributed by atoms with Crippen LogP contribution in [-0.4, -0.2) is 31.4 Å². The van der Waals surface area contributed by atoms with E-state index in [1.807, 2.05) is 0 Å². The second-order valence-corrected chi connectivity index (χ2v) is 4.95. The zero-order valence-corrected chi connectivity index (χ0v) is 13.1. The fourth-order valence-corrected chi connectivity index (χ4v) is 2.64. The summed E-state index contributed by atoms with van der Waals surface area (Å²) in [6.07, 6.45) is -1.64. The summed E-state index contributed by atoms with van der Waals surface area (Å²) in [5.74, 6) is -2.72. The summed E-state index contributed by atoms with van der Waals surface area (Å²) in [5.41, 5.74) is 0.662. The zero-order valence-electron chi connectivity index (χ0n) is 12.2. The van der Waals surface area contributed by atoms with Crippen LogP contribution in [0.15, 0.2) is 35.2 Å². The van der Waals surface area contributed by atoms with Gasteiger partial charge in [0.15, 0.2) is 0 Å². The number of rotatable bonds is 7. The van der Waals surface area contributed by atoms with Crippen molar-refractivity contribution < 1.29 is 22.6 Å². The molecule has 0 radical (unpaired) electrons. The van der Waals surface area contributed by atoms with Crippen molar-refractivity contribution in [2.24, 2.45) is 0 Å². The van der Waals surface area contributed by atoms with Gasteiger partial charge in [0.1, 0.15) is 0 Å². The maximum absolute atomic E-state index is 13.6. The van der Waals surface area contributed by atoms with Crippen molar-refractivity contribution in [2.75, 3.05) is 19.5 Å². The molecule has 0 saturated heterocycles. The molecule has 2 nitrogen and oxygen atoms in total. The summed E-state index contributed by atoms with van der Waals surface area (Å²) >= 11 is 0.970. The lowest BCUT2D eigenvalue weighted by Gasteiger charge is -2.36. The molecular weight excluding hydrogens is 301 g/mol. The standard InChI is InChI=1S/C15H19F3O2S/c1-4-19-14(20-5-2,15(16,17)18)13(21-3)11-12-9-7-6-8-10-12/h6-11H,4-5H2,1-3H3/b13-11-. The summed E-state index contributed by atoms with van der Waals surface area (Å²) in [6.45, 7) is 2.82. The van der Waals surface area contributed by atoms with E-state index in [2.05, 4.69) is 0 Å². The van der Waals surface area contributed by atoms with Crippen molar-refractivity contribution in [3.63, 3.8) is 0 Å². The summed E-state index contributed by atoms with van der Waals surface area (Å²) < 4.78 is 50.8. The molecule has 0 bridgehead atoms. The first-order valence-electron chi connectivity index (χ1n) is 6.57. The largest absolute Gasteiger partial charge is 0.448 e. The molecule has 21 heavy (non-hydrogen) atoms. The average molecular weight is 320 g/mol. The number of alkyl halides is 3. The Morgan fingerprint density at radius 1 is 1.10 bits per heavy atom. The predicted molar refractivity (Wildman–Crippen MR) is 80.0 cm³/mol. The minimum absolute atomic E-state index is 0.0232. The SMILES string of the molecule is CCOC(OCC)(/C(=C/c1ccccc1)SC)C(F)(F)F. The van der Waals surface area contributed by atoms with Crippen molar-refractivity contribution >= 4 is 17.8 Å². The van der Waals surface area contributed by atoms with Crippen molar-refractivity contribution in [3.05, 3.63) is 40.8 Å². The molecule has 0 amide bonds. The van der Waals surface area contributed by atoms with Gasteiger partial charge >= 0.3 is 12.0 Å². The molecule has 0 heterocycles. The monoisotopic (exact) mass is 320 g/mol. The quantitative estimate of drug-likeness (QED) is 0.677. The first kappa shape index (κ1) is 18.1. The highest BCUT2D eigenvalue weighted by Gasteiger charge is 2.60. The van der Waals surface area contributed by atoms with Crippen LogP contribution in [0.5, 0.6) is 0 Å². The van der Waals surface area contributed by atoms with Gasteiger partial charge in [-0.05, 0) is 31.7 Å². The van der Waals surface area contributed by atoms with Crippen LogP contribution in [0.2, 0.25) is 0 Å². The Labute approximate surface area is 127 Å². The number of ether oxygens (including phenoxy) is 2. The minimum Gasteiger partial charge on any atom is -0.339 e. The molecular formula is C15H19F3O2S. The van der Waals surface area contributed by atoms with Gasteiger partial charge in [0.25, 0.3) is 0 Å². The van der Waals surface area contributed by atoms with Crippen molar-refractivity contribution in [2.45, 2.75) is 25.8 Å². The van der Waals surface area contributed by atoms with Crippen LogP contribution in [0, 0.1) is 0 Å². The lowest BCUT2D eigenvalue weighted by Crippen LogP contribution is -2.51. The molecule has 0 atom stereocenters. The van der Waals surface area contributed by atoms with Gasteiger partial charge in [-0.1, -0.05) is 30.3 Å². The van der Waals surface area contributed by atoms with Crippen molar-refractivity contribution in [1.82, 2.24) is 0 Å². The molecule has 0 aliphatic carbocycles. The molecule has 0 unspecified atom stereocenters. The van der Waals surface area contributed by atoms with Crippen molar-refractivity contribution in [1.29, 1.82) is 0 Å². The number of hydrogen-bond acceptors (Lipinski definition) is 3. The van der Waals surface area contributed by atoms with E-state index in [1.165, 1.54) is 19.9 Å². The van der Waals surface area contributed by atoms with E-state index in [4.69, 9.17) is 9.47 Å². The lowest BCUT2D eigenvalue weighted by molar-refractivity contribution is -0.356. The van der Waals surface area contributed by atoms with E-state index in [1.54, 1.807) is 36.6 Å². The Morgan fingerprint density at radius 2 is 1.62 bits per heavy atom. The predicted octanol–water partition coefficient (Wildman–Crippen LogP) is 4.72. The highest BCUT2D eigenvalue weighted by Crippen LogP contribution is 2.45. The molecule has 0 spiro atoms. The van der Waals surface area contributed by atoms with E-state index in [0.717, 1.165) is 11.8 Å². The van der Waals surface area contributed by atoms with Gasteiger partial charge in [0.05, 0.1) is 4.91 Å². The number of benzene rings is 1. The maximum Gasteiger partial charge on any atom is 0.448 e. The fourth-order valence-electron chi connectivity index (χ4n) is 1.88. The van der Waals surface area contributed by atoms with Crippen LogP contribution < -0.4 is 0 Å². The third-order valence-electron chi connectivity index (χ3n) is 2.71. The smallest absolute Gasteiger partial charge is 0.339 e. The Kier molecular flexibility index (Phi) is 6.77. The van der Waals surface area contributed by atoms with Crippen LogP contribution in [0.3, 0.4) is 0 Å². The topological polar surface area (TPSA) is 18.5 Å². The van der Waals surface area contributed by atoms with E-state index in [0.29, 0.717) is 5.56 Å². The summed E-state index contributed by atoms with van der Waals surface area (Å²) in [4.78, 5) is -0.0232. The Hall–Kier alpha value is -0.980. The third-order valence-corrected chi connectivity index (χ3v) is 3.54. The van der Waals surface area contributed by atoms with Crippen LogP contribution >= 0.6 is 11.8 Å². The normalized spacial score (nSPS) is 13.5.